The Bertz CT molecular complexity index is 451. The van der Waals surface area contributed by atoms with Crippen molar-refractivity contribution in [2.24, 2.45) is 0 Å². The van der Waals surface area contributed by atoms with Gasteiger partial charge in [-0.1, -0.05) is 6.07 Å². The van der Waals surface area contributed by atoms with Gasteiger partial charge in [-0.3, -0.25) is 4.98 Å². The van der Waals surface area contributed by atoms with Crippen molar-refractivity contribution in [1.29, 1.82) is 0 Å². The van der Waals surface area contributed by atoms with E-state index in [1.54, 1.807) is 11.3 Å². The molecule has 0 saturated heterocycles. The molecule has 0 bridgehead atoms. The summed E-state index contributed by atoms with van der Waals surface area (Å²) in [7, 11) is 0. The summed E-state index contributed by atoms with van der Waals surface area (Å²) in [6.45, 7) is 4.80. The van der Waals surface area contributed by atoms with Gasteiger partial charge in [0.05, 0.1) is 17.9 Å². The standard InChI is InChI=1S/C11H13N3S/c1-8-4-3-5-12-10(8)6-13-11-14-9(2)7-15-11/h3-5,7H,6H2,1-2H3,(H,13,14). The highest BCUT2D eigenvalue weighted by atomic mass is 32.1. The third-order valence-electron chi connectivity index (χ3n) is 2.14. The molecule has 0 aromatic carbocycles. The van der Waals surface area contributed by atoms with Crippen LogP contribution in [0, 0.1) is 13.8 Å². The van der Waals surface area contributed by atoms with Crippen molar-refractivity contribution in [3.8, 4) is 0 Å². The monoisotopic (exact) mass is 219 g/mol. The molecule has 4 heteroatoms. The lowest BCUT2D eigenvalue weighted by molar-refractivity contribution is 1.01. The Morgan fingerprint density at radius 2 is 2.27 bits per heavy atom. The van der Waals surface area contributed by atoms with Crippen molar-refractivity contribution in [2.45, 2.75) is 20.4 Å². The third kappa shape index (κ3) is 2.53. The second kappa shape index (κ2) is 4.40. The Labute approximate surface area is 93.2 Å². The molecule has 3 nitrogen and oxygen atoms in total. The van der Waals surface area contributed by atoms with E-state index in [9.17, 15) is 0 Å². The van der Waals surface area contributed by atoms with E-state index in [0.717, 1.165) is 23.1 Å². The lowest BCUT2D eigenvalue weighted by atomic mass is 10.2. The van der Waals surface area contributed by atoms with E-state index in [0.29, 0.717) is 0 Å². The molecule has 0 amide bonds. The molecule has 0 aliphatic rings. The zero-order chi connectivity index (χ0) is 10.7. The molecule has 0 aliphatic carbocycles. The van der Waals surface area contributed by atoms with Gasteiger partial charge in [0.15, 0.2) is 5.13 Å². The molecule has 15 heavy (non-hydrogen) atoms. The molecule has 2 aromatic rings. The number of hydrogen-bond acceptors (Lipinski definition) is 4. The van der Waals surface area contributed by atoms with Crippen LogP contribution in [-0.2, 0) is 6.54 Å². The van der Waals surface area contributed by atoms with Crippen molar-refractivity contribution in [3.05, 3.63) is 40.7 Å². The van der Waals surface area contributed by atoms with Gasteiger partial charge in [-0.15, -0.1) is 11.3 Å². The van der Waals surface area contributed by atoms with Gasteiger partial charge in [0.2, 0.25) is 0 Å². The summed E-state index contributed by atoms with van der Waals surface area (Å²) < 4.78 is 0. The predicted molar refractivity (Wildman–Crippen MR) is 63.2 cm³/mol. The maximum absolute atomic E-state index is 4.34. The summed E-state index contributed by atoms with van der Waals surface area (Å²) >= 11 is 1.62. The van der Waals surface area contributed by atoms with Crippen LogP contribution in [0.3, 0.4) is 0 Å². The van der Waals surface area contributed by atoms with Crippen LogP contribution in [0.1, 0.15) is 17.0 Å². The molecular formula is C11H13N3S. The first-order chi connectivity index (χ1) is 7.25. The fraction of sp³-hybridized carbons (Fsp3) is 0.273. The summed E-state index contributed by atoms with van der Waals surface area (Å²) in [5.74, 6) is 0. The van der Waals surface area contributed by atoms with E-state index in [1.165, 1.54) is 5.56 Å². The molecule has 2 aromatic heterocycles. The summed E-state index contributed by atoms with van der Waals surface area (Å²) in [5.41, 5.74) is 3.34. The molecule has 2 heterocycles. The van der Waals surface area contributed by atoms with Gasteiger partial charge >= 0.3 is 0 Å². The summed E-state index contributed by atoms with van der Waals surface area (Å²) in [5, 5.41) is 6.26. The van der Waals surface area contributed by atoms with Crippen LogP contribution in [0.4, 0.5) is 5.13 Å². The van der Waals surface area contributed by atoms with Gasteiger partial charge in [0.25, 0.3) is 0 Å². The molecular weight excluding hydrogens is 206 g/mol. The molecule has 0 atom stereocenters. The lowest BCUT2D eigenvalue weighted by Crippen LogP contribution is -2.03. The largest absolute Gasteiger partial charge is 0.356 e. The smallest absolute Gasteiger partial charge is 0.183 e. The highest BCUT2D eigenvalue weighted by molar-refractivity contribution is 7.13. The first-order valence-electron chi connectivity index (χ1n) is 4.82. The first-order valence-corrected chi connectivity index (χ1v) is 5.70. The number of nitrogens with zero attached hydrogens (tertiary/aromatic N) is 2. The third-order valence-corrected chi connectivity index (χ3v) is 3.06. The van der Waals surface area contributed by atoms with Gasteiger partial charge in [0, 0.05) is 11.6 Å². The number of rotatable bonds is 3. The number of aryl methyl sites for hydroxylation is 2. The predicted octanol–water partition coefficient (Wildman–Crippen LogP) is 2.77. The minimum absolute atomic E-state index is 0.736. The zero-order valence-corrected chi connectivity index (χ0v) is 9.64. The van der Waals surface area contributed by atoms with Crippen LogP contribution < -0.4 is 5.32 Å². The highest BCUT2D eigenvalue weighted by Gasteiger charge is 2.00. The van der Waals surface area contributed by atoms with Gasteiger partial charge in [-0.05, 0) is 25.5 Å². The molecule has 78 valence electrons. The Kier molecular flexibility index (Phi) is 2.97. The van der Waals surface area contributed by atoms with E-state index in [2.05, 4.69) is 28.3 Å². The molecule has 0 unspecified atom stereocenters. The van der Waals surface area contributed by atoms with E-state index in [4.69, 9.17) is 0 Å². The second-order valence-electron chi connectivity index (χ2n) is 3.41. The Morgan fingerprint density at radius 3 is 2.93 bits per heavy atom. The van der Waals surface area contributed by atoms with Crippen LogP contribution in [0.5, 0.6) is 0 Å². The summed E-state index contributed by atoms with van der Waals surface area (Å²) in [4.78, 5) is 8.65. The van der Waals surface area contributed by atoms with E-state index in [1.807, 2.05) is 24.6 Å². The maximum atomic E-state index is 4.34. The van der Waals surface area contributed by atoms with Gasteiger partial charge in [-0.2, -0.15) is 0 Å². The number of nitrogens with one attached hydrogen (secondary N) is 1. The number of anilines is 1. The minimum atomic E-state index is 0.736. The van der Waals surface area contributed by atoms with Crippen LogP contribution in [0.15, 0.2) is 23.7 Å². The average molecular weight is 219 g/mol. The van der Waals surface area contributed by atoms with E-state index < -0.39 is 0 Å². The van der Waals surface area contributed by atoms with Gasteiger partial charge < -0.3 is 5.32 Å². The zero-order valence-electron chi connectivity index (χ0n) is 8.82. The van der Waals surface area contributed by atoms with E-state index >= 15 is 0 Å². The molecule has 0 radical (unpaired) electrons. The normalized spacial score (nSPS) is 10.3. The minimum Gasteiger partial charge on any atom is -0.356 e. The Hall–Kier alpha value is -1.42. The molecule has 0 spiro atoms. The molecule has 0 saturated carbocycles. The first kappa shape index (κ1) is 10.1. The molecule has 1 N–H and O–H groups in total. The van der Waals surface area contributed by atoms with Crippen molar-refractivity contribution in [1.82, 2.24) is 9.97 Å². The molecule has 0 fully saturated rings. The number of hydrogen-bond donors (Lipinski definition) is 1. The topological polar surface area (TPSA) is 37.8 Å². The van der Waals surface area contributed by atoms with Crippen molar-refractivity contribution >= 4 is 16.5 Å². The Balaban J connectivity index is 2.02. The Morgan fingerprint density at radius 1 is 1.40 bits per heavy atom. The quantitative estimate of drug-likeness (QED) is 0.862. The molecule has 0 aliphatic heterocycles. The van der Waals surface area contributed by atoms with Gasteiger partial charge in [-0.25, -0.2) is 4.98 Å². The van der Waals surface area contributed by atoms with Crippen LogP contribution in [0.25, 0.3) is 0 Å². The van der Waals surface area contributed by atoms with E-state index in [-0.39, 0.29) is 0 Å². The van der Waals surface area contributed by atoms with Crippen LogP contribution in [0.2, 0.25) is 0 Å². The van der Waals surface area contributed by atoms with Gasteiger partial charge in [0.1, 0.15) is 0 Å². The van der Waals surface area contributed by atoms with Crippen LogP contribution in [-0.4, -0.2) is 9.97 Å². The SMILES string of the molecule is Cc1csc(NCc2ncccc2C)n1. The second-order valence-corrected chi connectivity index (χ2v) is 4.27. The summed E-state index contributed by atoms with van der Waals surface area (Å²) in [6, 6.07) is 4.02. The van der Waals surface area contributed by atoms with Crippen molar-refractivity contribution in [2.75, 3.05) is 5.32 Å². The number of pyridine rings is 1. The average Bonchev–Trinajstić information content (AvgIpc) is 2.63. The lowest BCUT2D eigenvalue weighted by Gasteiger charge is -2.04. The van der Waals surface area contributed by atoms with Crippen molar-refractivity contribution < 1.29 is 0 Å². The molecule has 2 rings (SSSR count). The number of thiazole rings is 1. The maximum Gasteiger partial charge on any atom is 0.183 e. The van der Waals surface area contributed by atoms with Crippen LogP contribution >= 0.6 is 11.3 Å². The fourth-order valence-corrected chi connectivity index (χ4v) is 1.99. The summed E-state index contributed by atoms with van der Waals surface area (Å²) in [6.07, 6.45) is 1.82. The highest BCUT2D eigenvalue weighted by Crippen LogP contribution is 2.15. The van der Waals surface area contributed by atoms with Crippen molar-refractivity contribution in [3.63, 3.8) is 0 Å². The fourth-order valence-electron chi connectivity index (χ4n) is 1.30. The number of aromatic nitrogens is 2.